The van der Waals surface area contributed by atoms with E-state index < -0.39 is 12.1 Å². The van der Waals surface area contributed by atoms with Crippen molar-refractivity contribution in [3.63, 3.8) is 0 Å². The summed E-state index contributed by atoms with van der Waals surface area (Å²) in [6.07, 6.45) is 0.123. The van der Waals surface area contributed by atoms with Crippen molar-refractivity contribution >= 4 is 12.1 Å². The zero-order valence-corrected chi connectivity index (χ0v) is 7.66. The highest BCUT2D eigenvalue weighted by Crippen LogP contribution is 1.66. The van der Waals surface area contributed by atoms with Gasteiger partial charge in [0.2, 0.25) is 0 Å². The number of aliphatic carboxylic acids is 1. The Morgan fingerprint density at radius 2 is 1.85 bits per heavy atom. The van der Waals surface area contributed by atoms with Gasteiger partial charge in [0.05, 0.1) is 6.61 Å². The summed E-state index contributed by atoms with van der Waals surface area (Å²) in [7, 11) is 0. The van der Waals surface area contributed by atoms with Crippen LogP contribution in [0.4, 0.5) is 4.79 Å². The van der Waals surface area contributed by atoms with Crippen LogP contribution in [0, 0.1) is 0 Å². The van der Waals surface area contributed by atoms with Crippen molar-refractivity contribution in [2.75, 3.05) is 6.61 Å². The molecule has 5 nitrogen and oxygen atoms in total. The molecule has 0 aliphatic heterocycles. The minimum absolute atomic E-state index is 0.356. The van der Waals surface area contributed by atoms with E-state index in [1.165, 1.54) is 0 Å². The number of carbonyl (C=O) groups excluding carboxylic acids is 1. The highest BCUT2D eigenvalue weighted by Gasteiger charge is 1.82. The lowest BCUT2D eigenvalue weighted by Gasteiger charge is -1.89. The average molecular weight is 189 g/mol. The molecule has 3 N–H and O–H groups in total. The van der Waals surface area contributed by atoms with Gasteiger partial charge in [-0.15, -0.1) is 13.2 Å². The van der Waals surface area contributed by atoms with Crippen LogP contribution in [0.2, 0.25) is 0 Å². The molecule has 76 valence electrons. The van der Waals surface area contributed by atoms with E-state index in [1.807, 2.05) is 0 Å². The zero-order chi connectivity index (χ0) is 11.3. The molecule has 0 heterocycles. The number of carbonyl (C=O) groups is 2. The second kappa shape index (κ2) is 16.7. The summed E-state index contributed by atoms with van der Waals surface area (Å²) in [5, 5.41) is 7.60. The van der Waals surface area contributed by atoms with E-state index in [1.54, 1.807) is 6.92 Å². The third-order valence-corrected chi connectivity index (χ3v) is 0.461. The maximum Gasteiger partial charge on any atom is 0.404 e. The van der Waals surface area contributed by atoms with Crippen molar-refractivity contribution in [1.29, 1.82) is 0 Å². The van der Waals surface area contributed by atoms with Gasteiger partial charge in [0.25, 0.3) is 0 Å². The third-order valence-electron chi connectivity index (χ3n) is 0.461. The molecule has 0 saturated carbocycles. The molecule has 0 atom stereocenters. The van der Waals surface area contributed by atoms with Gasteiger partial charge in [0.15, 0.2) is 0 Å². The van der Waals surface area contributed by atoms with E-state index >= 15 is 0 Å². The summed E-state index contributed by atoms with van der Waals surface area (Å²) in [6.45, 7) is 11.0. The molecule has 0 spiro atoms. The van der Waals surface area contributed by atoms with Crippen molar-refractivity contribution in [3.05, 3.63) is 25.8 Å². The predicted octanol–water partition coefficient (Wildman–Crippen LogP) is 1.16. The first-order valence-corrected chi connectivity index (χ1v) is 3.32. The molecule has 0 aromatic carbocycles. The summed E-state index contributed by atoms with van der Waals surface area (Å²) in [5.74, 6) is -0.981. The first kappa shape index (κ1) is 17.3. The molecule has 0 aliphatic rings. The lowest BCUT2D eigenvalue weighted by molar-refractivity contribution is -0.131. The van der Waals surface area contributed by atoms with Crippen LogP contribution in [-0.2, 0) is 9.53 Å². The van der Waals surface area contributed by atoms with Crippen LogP contribution in [0.25, 0.3) is 0 Å². The van der Waals surface area contributed by atoms with Crippen LogP contribution in [-0.4, -0.2) is 23.8 Å². The number of carboxylic acid groups (broad SMARTS) is 1. The molecule has 0 fully saturated rings. The fourth-order valence-corrected chi connectivity index (χ4v) is 0.142. The van der Waals surface area contributed by atoms with Gasteiger partial charge in [0, 0.05) is 6.08 Å². The Balaban J connectivity index is -0.000000131. The number of rotatable bonds is 2. The number of hydrogen-bond donors (Lipinski definition) is 2. The summed E-state index contributed by atoms with van der Waals surface area (Å²) < 4.78 is 4.18. The molecule has 0 aromatic rings. The molecular formula is C8H15NO4. The first-order chi connectivity index (χ1) is 6.04. The molecule has 0 rings (SSSR count). The highest BCUT2D eigenvalue weighted by atomic mass is 16.5. The SMILES string of the molecule is C=C.C=CC(=O)O.CCOC(N)=O. The van der Waals surface area contributed by atoms with Gasteiger partial charge in [-0.25, -0.2) is 9.59 Å². The Hall–Kier alpha value is -1.78. The van der Waals surface area contributed by atoms with Gasteiger partial charge in [-0.3, -0.25) is 0 Å². The van der Waals surface area contributed by atoms with Crippen LogP contribution in [0.3, 0.4) is 0 Å². The molecular weight excluding hydrogens is 174 g/mol. The van der Waals surface area contributed by atoms with Crippen LogP contribution in [0.5, 0.6) is 0 Å². The van der Waals surface area contributed by atoms with E-state index in [9.17, 15) is 9.59 Å². The minimum Gasteiger partial charge on any atom is -0.478 e. The first-order valence-electron chi connectivity index (χ1n) is 3.32. The Labute approximate surface area is 77.5 Å². The lowest BCUT2D eigenvalue weighted by Crippen LogP contribution is -2.11. The second-order valence-electron chi connectivity index (χ2n) is 1.29. The number of amides is 1. The maximum absolute atomic E-state index is 9.60. The standard InChI is InChI=1S/C3H7NO2.C3H4O2.C2H4/c1-2-6-3(4)5;1-2-3(4)5;1-2/h2H2,1H3,(H2,4,5);2H,1H2,(H,4,5);1-2H2. The predicted molar refractivity (Wildman–Crippen MR) is 50.3 cm³/mol. The van der Waals surface area contributed by atoms with E-state index in [0.717, 1.165) is 6.08 Å². The quantitative estimate of drug-likeness (QED) is 0.503. The number of hydrogen-bond acceptors (Lipinski definition) is 3. The van der Waals surface area contributed by atoms with Crippen molar-refractivity contribution in [2.24, 2.45) is 5.73 Å². The Morgan fingerprint density at radius 3 is 1.85 bits per heavy atom. The van der Waals surface area contributed by atoms with Crippen LogP contribution < -0.4 is 5.73 Å². The number of nitrogens with two attached hydrogens (primary N) is 1. The fourth-order valence-electron chi connectivity index (χ4n) is 0.142. The number of ether oxygens (including phenoxy) is 1. The van der Waals surface area contributed by atoms with Gasteiger partial charge in [-0.2, -0.15) is 0 Å². The summed E-state index contributed by atoms with van der Waals surface area (Å²) in [6, 6.07) is 0. The Kier molecular flexibility index (Phi) is 22.2. The zero-order valence-electron chi connectivity index (χ0n) is 7.66. The minimum atomic E-state index is -0.981. The van der Waals surface area contributed by atoms with Crippen molar-refractivity contribution < 1.29 is 19.4 Å². The second-order valence-corrected chi connectivity index (χ2v) is 1.29. The molecule has 0 unspecified atom stereocenters. The van der Waals surface area contributed by atoms with Gasteiger partial charge in [-0.05, 0) is 6.92 Å². The molecule has 0 aliphatic carbocycles. The largest absolute Gasteiger partial charge is 0.478 e. The lowest BCUT2D eigenvalue weighted by atomic mass is 10.7. The molecule has 0 bridgehead atoms. The topological polar surface area (TPSA) is 89.6 Å². The number of primary amides is 1. The molecule has 0 saturated heterocycles. The summed E-state index contributed by atoms with van der Waals surface area (Å²) >= 11 is 0. The third kappa shape index (κ3) is 66.6. The highest BCUT2D eigenvalue weighted by molar-refractivity contribution is 5.78. The van der Waals surface area contributed by atoms with Crippen LogP contribution in [0.15, 0.2) is 25.8 Å². The van der Waals surface area contributed by atoms with Crippen molar-refractivity contribution in [2.45, 2.75) is 6.92 Å². The van der Waals surface area contributed by atoms with Crippen LogP contribution in [0.1, 0.15) is 6.92 Å². The Morgan fingerprint density at radius 1 is 1.54 bits per heavy atom. The van der Waals surface area contributed by atoms with Crippen molar-refractivity contribution in [3.8, 4) is 0 Å². The summed E-state index contributed by atoms with van der Waals surface area (Å²) in [5.41, 5.74) is 4.54. The van der Waals surface area contributed by atoms with Gasteiger partial charge >= 0.3 is 12.1 Å². The maximum atomic E-state index is 9.60. The molecule has 5 heteroatoms. The number of carboxylic acids is 1. The summed E-state index contributed by atoms with van der Waals surface area (Å²) in [4.78, 5) is 18.8. The van der Waals surface area contributed by atoms with Crippen molar-refractivity contribution in [1.82, 2.24) is 0 Å². The van der Waals surface area contributed by atoms with E-state index in [-0.39, 0.29) is 0 Å². The van der Waals surface area contributed by atoms with E-state index in [2.05, 4.69) is 30.2 Å². The average Bonchev–Trinajstić information content (AvgIpc) is 2.09. The van der Waals surface area contributed by atoms with E-state index in [4.69, 9.17) is 5.11 Å². The molecule has 1 amide bonds. The normalized spacial score (nSPS) is 6.23. The monoisotopic (exact) mass is 189 g/mol. The van der Waals surface area contributed by atoms with Gasteiger partial charge in [-0.1, -0.05) is 6.58 Å². The molecule has 0 aromatic heterocycles. The van der Waals surface area contributed by atoms with Crippen LogP contribution >= 0.6 is 0 Å². The fraction of sp³-hybridized carbons (Fsp3) is 0.250. The molecule has 0 radical (unpaired) electrons. The van der Waals surface area contributed by atoms with Gasteiger partial charge < -0.3 is 15.6 Å². The molecule has 13 heavy (non-hydrogen) atoms. The smallest absolute Gasteiger partial charge is 0.404 e. The Bertz CT molecular complexity index is 156. The van der Waals surface area contributed by atoms with Gasteiger partial charge in [0.1, 0.15) is 0 Å². The van der Waals surface area contributed by atoms with E-state index in [0.29, 0.717) is 6.61 Å².